The summed E-state index contributed by atoms with van der Waals surface area (Å²) in [5, 5.41) is 19.2. The van der Waals surface area contributed by atoms with Crippen molar-refractivity contribution in [3.8, 4) is 11.9 Å². The van der Waals surface area contributed by atoms with Gasteiger partial charge in [0.2, 0.25) is 0 Å². The van der Waals surface area contributed by atoms with Crippen LogP contribution in [0.1, 0.15) is 32.0 Å². The van der Waals surface area contributed by atoms with Crippen molar-refractivity contribution >= 4 is 17.6 Å². The third kappa shape index (κ3) is 3.71. The number of anilines is 1. The van der Waals surface area contributed by atoms with Crippen molar-refractivity contribution in [2.45, 2.75) is 6.92 Å². The predicted molar refractivity (Wildman–Crippen MR) is 96.5 cm³/mol. The monoisotopic (exact) mass is 379 g/mol. The molecule has 2 aromatic heterocycles. The lowest BCUT2D eigenvalue weighted by Gasteiger charge is -2.11. The zero-order valence-corrected chi connectivity index (χ0v) is 14.9. The first kappa shape index (κ1) is 18.7. The number of nitrogens with zero attached hydrogens (tertiary/aromatic N) is 4. The third-order valence-electron chi connectivity index (χ3n) is 3.92. The van der Waals surface area contributed by atoms with Gasteiger partial charge in [-0.2, -0.15) is 5.26 Å². The van der Waals surface area contributed by atoms with Crippen LogP contribution in [0.3, 0.4) is 0 Å². The van der Waals surface area contributed by atoms with Crippen molar-refractivity contribution in [1.82, 2.24) is 14.8 Å². The van der Waals surface area contributed by atoms with Gasteiger partial charge in [0.05, 0.1) is 23.9 Å². The number of hydrogen-bond acceptors (Lipinski definition) is 6. The Morgan fingerprint density at radius 2 is 2.04 bits per heavy atom. The zero-order valence-electron chi connectivity index (χ0n) is 14.9. The Balaban J connectivity index is 1.84. The average molecular weight is 379 g/mol. The van der Waals surface area contributed by atoms with Crippen LogP contribution in [0.25, 0.3) is 5.82 Å². The Labute approximate surface area is 159 Å². The maximum absolute atomic E-state index is 13.8. The van der Waals surface area contributed by atoms with E-state index in [2.05, 4.69) is 20.3 Å². The molecular formula is C19H14FN5O3. The molecule has 0 saturated carbocycles. The number of nitrogens with one attached hydrogen (secondary N) is 1. The fourth-order valence-corrected chi connectivity index (χ4v) is 2.44. The number of rotatable bonds is 4. The molecule has 0 radical (unpaired) electrons. The number of methoxy groups -OCH3 is 1. The second-order valence-electron chi connectivity index (χ2n) is 5.79. The molecule has 0 aliphatic heterocycles. The fraction of sp³-hybridized carbons (Fsp3) is 0.105. The van der Waals surface area contributed by atoms with Gasteiger partial charge in [0.15, 0.2) is 11.5 Å². The molecule has 0 atom stereocenters. The van der Waals surface area contributed by atoms with E-state index in [4.69, 9.17) is 5.26 Å². The summed E-state index contributed by atoms with van der Waals surface area (Å²) in [4.78, 5) is 24.3. The van der Waals surface area contributed by atoms with E-state index in [1.165, 1.54) is 19.1 Å². The van der Waals surface area contributed by atoms with Crippen LogP contribution < -0.4 is 5.32 Å². The van der Waals surface area contributed by atoms with Gasteiger partial charge in [0.25, 0.3) is 5.91 Å². The van der Waals surface area contributed by atoms with Gasteiger partial charge in [0.1, 0.15) is 11.9 Å². The highest BCUT2D eigenvalue weighted by atomic mass is 19.1. The molecular weight excluding hydrogens is 365 g/mol. The third-order valence-corrected chi connectivity index (χ3v) is 3.92. The summed E-state index contributed by atoms with van der Waals surface area (Å²) in [6.07, 6.45) is 3.22. The summed E-state index contributed by atoms with van der Waals surface area (Å²) >= 11 is 0. The normalized spacial score (nSPS) is 10.2. The van der Waals surface area contributed by atoms with E-state index in [9.17, 15) is 14.0 Å². The second kappa shape index (κ2) is 7.67. The summed E-state index contributed by atoms with van der Waals surface area (Å²) in [7, 11) is 1.16. The first-order valence-corrected chi connectivity index (χ1v) is 8.05. The maximum Gasteiger partial charge on any atom is 0.340 e. The second-order valence-corrected chi connectivity index (χ2v) is 5.79. The molecule has 0 aliphatic rings. The summed E-state index contributed by atoms with van der Waals surface area (Å²) in [6, 6.07) is 8.96. The van der Waals surface area contributed by atoms with E-state index in [1.807, 2.05) is 6.07 Å². The molecule has 9 heteroatoms. The minimum atomic E-state index is -0.781. The molecule has 1 amide bonds. The predicted octanol–water partition coefficient (Wildman–Crippen LogP) is 2.63. The molecule has 1 aromatic carbocycles. The van der Waals surface area contributed by atoms with Crippen LogP contribution in [-0.4, -0.2) is 33.8 Å². The van der Waals surface area contributed by atoms with Crippen molar-refractivity contribution in [2.75, 3.05) is 12.4 Å². The Morgan fingerprint density at radius 3 is 2.64 bits per heavy atom. The SMILES string of the molecule is COC(=O)c1cc(F)c(C)cc1NC(=O)c1ccc(-n2ccc(C#N)c2)nn1. The average Bonchev–Trinajstić information content (AvgIpc) is 3.19. The number of benzene rings is 1. The molecule has 0 unspecified atom stereocenters. The summed E-state index contributed by atoms with van der Waals surface area (Å²) in [5.74, 6) is -1.58. The highest BCUT2D eigenvalue weighted by molar-refractivity contribution is 6.07. The number of esters is 1. The lowest BCUT2D eigenvalue weighted by molar-refractivity contribution is 0.0601. The fourth-order valence-electron chi connectivity index (χ4n) is 2.44. The molecule has 3 rings (SSSR count). The highest BCUT2D eigenvalue weighted by Crippen LogP contribution is 2.22. The van der Waals surface area contributed by atoms with Crippen molar-refractivity contribution in [2.24, 2.45) is 0 Å². The number of nitriles is 1. The summed E-state index contributed by atoms with van der Waals surface area (Å²) in [5.41, 5.74) is 0.704. The lowest BCUT2D eigenvalue weighted by Crippen LogP contribution is -2.18. The van der Waals surface area contributed by atoms with E-state index in [1.54, 1.807) is 29.1 Å². The van der Waals surface area contributed by atoms with Crippen molar-refractivity contribution in [1.29, 1.82) is 5.26 Å². The number of ether oxygens (including phenoxy) is 1. The largest absolute Gasteiger partial charge is 0.465 e. The Hall–Kier alpha value is -4.06. The van der Waals surface area contributed by atoms with E-state index >= 15 is 0 Å². The molecule has 1 N–H and O–H groups in total. The van der Waals surface area contributed by atoms with Crippen LogP contribution in [-0.2, 0) is 4.74 Å². The number of aryl methyl sites for hydroxylation is 1. The van der Waals surface area contributed by atoms with Crippen LogP contribution in [0.15, 0.2) is 42.7 Å². The van der Waals surface area contributed by atoms with Gasteiger partial charge in [-0.1, -0.05) is 0 Å². The maximum atomic E-state index is 13.8. The summed E-state index contributed by atoms with van der Waals surface area (Å²) < 4.78 is 20.0. The Morgan fingerprint density at radius 1 is 1.25 bits per heavy atom. The molecule has 0 spiro atoms. The first-order chi connectivity index (χ1) is 13.4. The van der Waals surface area contributed by atoms with E-state index in [0.717, 1.165) is 13.2 Å². The van der Waals surface area contributed by atoms with Gasteiger partial charge in [-0.3, -0.25) is 4.79 Å². The number of carbonyl (C=O) groups is 2. The lowest BCUT2D eigenvalue weighted by atomic mass is 10.1. The molecule has 0 bridgehead atoms. The van der Waals surface area contributed by atoms with Crippen molar-refractivity contribution < 1.29 is 18.7 Å². The molecule has 2 heterocycles. The first-order valence-electron chi connectivity index (χ1n) is 8.05. The van der Waals surface area contributed by atoms with Crippen molar-refractivity contribution in [3.63, 3.8) is 0 Å². The van der Waals surface area contributed by atoms with Crippen molar-refractivity contribution in [3.05, 3.63) is 70.9 Å². The van der Waals surface area contributed by atoms with Gasteiger partial charge < -0.3 is 14.6 Å². The van der Waals surface area contributed by atoms with Gasteiger partial charge in [-0.25, -0.2) is 9.18 Å². The highest BCUT2D eigenvalue weighted by Gasteiger charge is 2.18. The van der Waals surface area contributed by atoms with E-state index in [0.29, 0.717) is 11.4 Å². The zero-order chi connectivity index (χ0) is 20.3. The molecule has 0 saturated heterocycles. The quantitative estimate of drug-likeness (QED) is 0.698. The topological polar surface area (TPSA) is 110 Å². The number of halogens is 1. The smallest absolute Gasteiger partial charge is 0.340 e. The van der Waals surface area contributed by atoms with E-state index in [-0.39, 0.29) is 22.5 Å². The molecule has 8 nitrogen and oxygen atoms in total. The molecule has 0 aliphatic carbocycles. The standard InChI is InChI=1S/C19H14FN5O3/c1-11-7-16(13(8-14(11)20)19(27)28-2)22-18(26)15-3-4-17(24-23-15)25-6-5-12(9-21)10-25/h3-8,10H,1-2H3,(H,22,26). The van der Waals surface area contributed by atoms with Crippen LogP contribution >= 0.6 is 0 Å². The van der Waals surface area contributed by atoms with Gasteiger partial charge in [0, 0.05) is 12.4 Å². The number of hydrogen-bond donors (Lipinski definition) is 1. The Kier molecular flexibility index (Phi) is 5.13. The molecule has 0 fully saturated rings. The summed E-state index contributed by atoms with van der Waals surface area (Å²) in [6.45, 7) is 1.51. The number of amides is 1. The van der Waals surface area contributed by atoms with Gasteiger partial charge in [-0.15, -0.1) is 10.2 Å². The molecule has 28 heavy (non-hydrogen) atoms. The van der Waals surface area contributed by atoms with Gasteiger partial charge >= 0.3 is 5.97 Å². The minimum absolute atomic E-state index is 0.00536. The van der Waals surface area contributed by atoms with Gasteiger partial charge in [-0.05, 0) is 42.8 Å². The van der Waals surface area contributed by atoms with Crippen LogP contribution in [0, 0.1) is 24.1 Å². The molecule has 3 aromatic rings. The van der Waals surface area contributed by atoms with Crippen LogP contribution in [0.2, 0.25) is 0 Å². The van der Waals surface area contributed by atoms with Crippen LogP contribution in [0.4, 0.5) is 10.1 Å². The minimum Gasteiger partial charge on any atom is -0.465 e. The van der Waals surface area contributed by atoms with Crippen LogP contribution in [0.5, 0.6) is 0 Å². The molecule has 140 valence electrons. The van der Waals surface area contributed by atoms with E-state index < -0.39 is 17.7 Å². The Bertz CT molecular complexity index is 1100. The number of aromatic nitrogens is 3. The number of carbonyl (C=O) groups excluding carboxylic acids is 2.